The predicted octanol–water partition coefficient (Wildman–Crippen LogP) is 2.32. The lowest BCUT2D eigenvalue weighted by atomic mass is 9.92. The van der Waals surface area contributed by atoms with Crippen LogP contribution in [0, 0.1) is 20.8 Å². The first-order valence-corrected chi connectivity index (χ1v) is 10.5. The summed E-state index contributed by atoms with van der Waals surface area (Å²) in [5, 5.41) is 2.74. The number of furan rings is 1. The van der Waals surface area contributed by atoms with Crippen LogP contribution in [0.3, 0.4) is 0 Å². The molecule has 8 heteroatoms. The number of imide groups is 1. The monoisotopic (exact) mass is 424 g/mol. The van der Waals surface area contributed by atoms with E-state index in [-0.39, 0.29) is 12.5 Å². The highest BCUT2D eigenvalue weighted by atomic mass is 16.3. The van der Waals surface area contributed by atoms with Gasteiger partial charge in [0.25, 0.3) is 5.91 Å². The lowest BCUT2D eigenvalue weighted by Gasteiger charge is -2.36. The van der Waals surface area contributed by atoms with E-state index in [4.69, 9.17) is 4.42 Å². The number of benzene rings is 1. The Morgan fingerprint density at radius 3 is 2.42 bits per heavy atom. The van der Waals surface area contributed by atoms with Gasteiger partial charge in [0, 0.05) is 37.4 Å². The average Bonchev–Trinajstić information content (AvgIpc) is 3.19. The number of piperazine rings is 1. The molecule has 2 aromatic rings. The fraction of sp³-hybridized carbons (Fsp3) is 0.435. The summed E-state index contributed by atoms with van der Waals surface area (Å²) in [6, 6.07) is 9.48. The molecule has 2 aliphatic heterocycles. The molecule has 0 bridgehead atoms. The molecule has 164 valence electrons. The Labute approximate surface area is 181 Å². The lowest BCUT2D eigenvalue weighted by molar-refractivity contribution is -0.139. The van der Waals surface area contributed by atoms with Crippen LogP contribution in [-0.2, 0) is 15.1 Å². The predicted molar refractivity (Wildman–Crippen MR) is 116 cm³/mol. The van der Waals surface area contributed by atoms with Crippen molar-refractivity contribution in [2.75, 3.05) is 37.6 Å². The minimum Gasteiger partial charge on any atom is -0.466 e. The van der Waals surface area contributed by atoms with Crippen LogP contribution >= 0.6 is 0 Å². The summed E-state index contributed by atoms with van der Waals surface area (Å²) in [7, 11) is 0. The van der Waals surface area contributed by atoms with Crippen LogP contribution in [0.25, 0.3) is 0 Å². The van der Waals surface area contributed by atoms with Gasteiger partial charge in [0.15, 0.2) is 0 Å². The molecule has 4 amide bonds. The zero-order valence-corrected chi connectivity index (χ0v) is 18.4. The van der Waals surface area contributed by atoms with E-state index in [0.29, 0.717) is 43.3 Å². The summed E-state index contributed by atoms with van der Waals surface area (Å²) < 4.78 is 5.54. The Balaban J connectivity index is 1.40. The third-order valence-electron chi connectivity index (χ3n) is 6.15. The van der Waals surface area contributed by atoms with Crippen molar-refractivity contribution in [3.8, 4) is 0 Å². The quantitative estimate of drug-likeness (QED) is 0.762. The van der Waals surface area contributed by atoms with E-state index in [0.717, 1.165) is 10.6 Å². The average molecular weight is 425 g/mol. The van der Waals surface area contributed by atoms with E-state index in [9.17, 15) is 14.4 Å². The highest BCUT2D eigenvalue weighted by Gasteiger charge is 2.51. The molecule has 4 rings (SSSR count). The van der Waals surface area contributed by atoms with Gasteiger partial charge in [0.05, 0.1) is 0 Å². The molecule has 2 saturated heterocycles. The summed E-state index contributed by atoms with van der Waals surface area (Å²) in [6.07, 6.45) is 0. The SMILES string of the molecule is Cc1cccc(N2CCN(C(=O)CN3C(=O)NC(C)(c4cc(C)oc4C)C3=O)CC2)c1. The third-order valence-corrected chi connectivity index (χ3v) is 6.15. The van der Waals surface area contributed by atoms with Gasteiger partial charge >= 0.3 is 6.03 Å². The lowest BCUT2D eigenvalue weighted by Crippen LogP contribution is -2.52. The molecule has 0 spiro atoms. The van der Waals surface area contributed by atoms with Crippen molar-refractivity contribution in [1.29, 1.82) is 0 Å². The van der Waals surface area contributed by atoms with Crippen LogP contribution in [-0.4, -0.2) is 60.4 Å². The van der Waals surface area contributed by atoms with E-state index in [2.05, 4.69) is 35.3 Å². The van der Waals surface area contributed by atoms with E-state index < -0.39 is 17.5 Å². The number of amides is 4. The molecule has 0 aliphatic carbocycles. The maximum absolute atomic E-state index is 13.1. The van der Waals surface area contributed by atoms with Gasteiger partial charge in [-0.25, -0.2) is 4.79 Å². The number of urea groups is 1. The summed E-state index contributed by atoms with van der Waals surface area (Å²) in [4.78, 5) is 43.5. The maximum atomic E-state index is 13.1. The molecule has 0 radical (unpaired) electrons. The topological polar surface area (TPSA) is 86.1 Å². The van der Waals surface area contributed by atoms with Crippen LogP contribution in [0.2, 0.25) is 0 Å². The smallest absolute Gasteiger partial charge is 0.325 e. The fourth-order valence-electron chi connectivity index (χ4n) is 4.42. The molecule has 1 aromatic carbocycles. The highest BCUT2D eigenvalue weighted by Crippen LogP contribution is 2.32. The van der Waals surface area contributed by atoms with Gasteiger partial charge in [-0.2, -0.15) is 0 Å². The Bertz CT molecular complexity index is 1040. The van der Waals surface area contributed by atoms with Crippen molar-refractivity contribution >= 4 is 23.5 Å². The molecule has 31 heavy (non-hydrogen) atoms. The number of nitrogens with one attached hydrogen (secondary N) is 1. The molecule has 0 saturated carbocycles. The first-order valence-electron chi connectivity index (χ1n) is 10.5. The minimum atomic E-state index is -1.23. The number of nitrogens with zero attached hydrogens (tertiary/aromatic N) is 3. The second-order valence-electron chi connectivity index (χ2n) is 8.48. The molecule has 8 nitrogen and oxygen atoms in total. The van der Waals surface area contributed by atoms with Gasteiger partial charge in [-0.3, -0.25) is 14.5 Å². The van der Waals surface area contributed by atoms with Crippen molar-refractivity contribution in [3.05, 3.63) is 53.0 Å². The van der Waals surface area contributed by atoms with E-state index in [1.165, 1.54) is 5.56 Å². The molecule has 1 N–H and O–H groups in total. The fourth-order valence-corrected chi connectivity index (χ4v) is 4.42. The summed E-state index contributed by atoms with van der Waals surface area (Å²) in [5.41, 5.74) is 1.72. The zero-order chi connectivity index (χ0) is 22.3. The standard InChI is InChI=1S/C23H28N4O4/c1-15-6-5-7-18(12-15)25-8-10-26(11-9-25)20(28)14-27-21(29)23(4,24-22(27)30)19-13-16(2)31-17(19)3/h5-7,12-13H,8-11,14H2,1-4H3,(H,24,30). The second-order valence-corrected chi connectivity index (χ2v) is 8.48. The van der Waals surface area contributed by atoms with E-state index in [1.807, 2.05) is 6.07 Å². The molecule has 1 unspecified atom stereocenters. The van der Waals surface area contributed by atoms with Crippen molar-refractivity contribution in [2.45, 2.75) is 33.2 Å². The Morgan fingerprint density at radius 2 is 1.81 bits per heavy atom. The molecule has 1 atom stereocenters. The van der Waals surface area contributed by atoms with Gasteiger partial charge in [0.1, 0.15) is 23.6 Å². The molecular weight excluding hydrogens is 396 g/mol. The van der Waals surface area contributed by atoms with Gasteiger partial charge in [-0.1, -0.05) is 12.1 Å². The molecule has 1 aromatic heterocycles. The van der Waals surface area contributed by atoms with Crippen molar-refractivity contribution in [1.82, 2.24) is 15.1 Å². The van der Waals surface area contributed by atoms with E-state index >= 15 is 0 Å². The Kier molecular flexibility index (Phi) is 5.24. The number of hydrogen-bond acceptors (Lipinski definition) is 5. The first kappa shape index (κ1) is 21.0. The molecular formula is C23H28N4O4. The number of anilines is 1. The summed E-state index contributed by atoms with van der Waals surface area (Å²) in [6.45, 7) is 9.51. The number of aryl methyl sites for hydroxylation is 3. The molecule has 3 heterocycles. The van der Waals surface area contributed by atoms with E-state index in [1.54, 1.807) is 31.7 Å². The van der Waals surface area contributed by atoms with Gasteiger partial charge < -0.3 is 19.5 Å². The number of carbonyl (C=O) groups is 3. The van der Waals surface area contributed by atoms with Crippen molar-refractivity contribution in [3.63, 3.8) is 0 Å². The van der Waals surface area contributed by atoms with Gasteiger partial charge in [-0.15, -0.1) is 0 Å². The van der Waals surface area contributed by atoms with Crippen LogP contribution in [0.5, 0.6) is 0 Å². The normalized spacial score (nSPS) is 21.6. The Morgan fingerprint density at radius 1 is 1.10 bits per heavy atom. The zero-order valence-electron chi connectivity index (χ0n) is 18.4. The number of rotatable bonds is 4. The van der Waals surface area contributed by atoms with Crippen molar-refractivity contribution in [2.24, 2.45) is 0 Å². The Hall–Kier alpha value is -3.29. The van der Waals surface area contributed by atoms with Crippen molar-refractivity contribution < 1.29 is 18.8 Å². The maximum Gasteiger partial charge on any atom is 0.325 e. The molecule has 2 fully saturated rings. The van der Waals surface area contributed by atoms with Crippen LogP contribution < -0.4 is 10.2 Å². The molecule has 2 aliphatic rings. The van der Waals surface area contributed by atoms with Gasteiger partial charge in [-0.05, 0) is 51.5 Å². The number of carbonyl (C=O) groups excluding carboxylic acids is 3. The highest BCUT2D eigenvalue weighted by molar-refractivity contribution is 6.09. The first-order chi connectivity index (χ1) is 14.7. The minimum absolute atomic E-state index is 0.225. The largest absolute Gasteiger partial charge is 0.466 e. The second kappa shape index (κ2) is 7.76. The summed E-state index contributed by atoms with van der Waals surface area (Å²) in [5.74, 6) is 0.579. The van der Waals surface area contributed by atoms with Crippen LogP contribution in [0.1, 0.15) is 29.6 Å². The van der Waals surface area contributed by atoms with Crippen LogP contribution in [0.15, 0.2) is 34.7 Å². The number of hydrogen-bond donors (Lipinski definition) is 1. The summed E-state index contributed by atoms with van der Waals surface area (Å²) >= 11 is 0. The van der Waals surface area contributed by atoms with Gasteiger partial charge in [0.2, 0.25) is 5.91 Å². The third kappa shape index (κ3) is 3.78. The van der Waals surface area contributed by atoms with Crippen LogP contribution in [0.4, 0.5) is 10.5 Å².